The Morgan fingerprint density at radius 2 is 1.82 bits per heavy atom. The molecule has 0 saturated carbocycles. The van der Waals surface area contributed by atoms with Crippen LogP contribution in [0.3, 0.4) is 0 Å². The SMILES string of the molecule is CCCC(NC(=O)N1CCCCCC1)C(=O)O. The summed E-state index contributed by atoms with van der Waals surface area (Å²) in [5.41, 5.74) is 0. The number of urea groups is 1. The molecule has 5 nitrogen and oxygen atoms in total. The van der Waals surface area contributed by atoms with Gasteiger partial charge in [-0.05, 0) is 19.3 Å². The lowest BCUT2D eigenvalue weighted by molar-refractivity contribution is -0.139. The molecule has 2 N–H and O–H groups in total. The Kier molecular flexibility index (Phi) is 5.80. The third kappa shape index (κ3) is 4.63. The van der Waals surface area contributed by atoms with Crippen molar-refractivity contribution in [1.29, 1.82) is 0 Å². The fraction of sp³-hybridized carbons (Fsp3) is 0.833. The van der Waals surface area contributed by atoms with Crippen molar-refractivity contribution < 1.29 is 14.7 Å². The largest absolute Gasteiger partial charge is 0.480 e. The van der Waals surface area contributed by atoms with Crippen molar-refractivity contribution in [2.45, 2.75) is 51.5 Å². The summed E-state index contributed by atoms with van der Waals surface area (Å²) in [4.78, 5) is 24.6. The van der Waals surface area contributed by atoms with Gasteiger partial charge in [0.2, 0.25) is 0 Å². The number of carboxylic acid groups (broad SMARTS) is 1. The van der Waals surface area contributed by atoms with Crippen molar-refractivity contribution in [2.24, 2.45) is 0 Å². The van der Waals surface area contributed by atoms with E-state index in [1.807, 2.05) is 6.92 Å². The van der Waals surface area contributed by atoms with Gasteiger partial charge in [0, 0.05) is 13.1 Å². The topological polar surface area (TPSA) is 69.6 Å². The van der Waals surface area contributed by atoms with Crippen molar-refractivity contribution in [3.05, 3.63) is 0 Å². The molecule has 5 heteroatoms. The number of hydrogen-bond acceptors (Lipinski definition) is 2. The Bertz CT molecular complexity index is 260. The summed E-state index contributed by atoms with van der Waals surface area (Å²) in [6.45, 7) is 3.39. The molecule has 1 rings (SSSR count). The molecule has 1 aliphatic heterocycles. The van der Waals surface area contributed by atoms with Crippen LogP contribution in [-0.4, -0.2) is 41.1 Å². The number of nitrogens with one attached hydrogen (secondary N) is 1. The van der Waals surface area contributed by atoms with Gasteiger partial charge in [0.25, 0.3) is 0 Å². The summed E-state index contributed by atoms with van der Waals surface area (Å²) >= 11 is 0. The van der Waals surface area contributed by atoms with E-state index in [4.69, 9.17) is 5.11 Å². The van der Waals surface area contributed by atoms with Gasteiger partial charge in [-0.2, -0.15) is 0 Å². The molecular weight excluding hydrogens is 220 g/mol. The average molecular weight is 242 g/mol. The van der Waals surface area contributed by atoms with Crippen LogP contribution in [0.15, 0.2) is 0 Å². The summed E-state index contributed by atoms with van der Waals surface area (Å²) in [7, 11) is 0. The van der Waals surface area contributed by atoms with Gasteiger partial charge >= 0.3 is 12.0 Å². The van der Waals surface area contributed by atoms with Crippen LogP contribution >= 0.6 is 0 Å². The minimum atomic E-state index is -0.949. The normalized spacial score (nSPS) is 18.3. The Morgan fingerprint density at radius 1 is 1.24 bits per heavy atom. The first-order valence-corrected chi connectivity index (χ1v) is 6.43. The number of carboxylic acids is 1. The molecule has 0 spiro atoms. The van der Waals surface area contributed by atoms with E-state index in [1.165, 1.54) is 0 Å². The Hall–Kier alpha value is -1.26. The van der Waals surface area contributed by atoms with Crippen LogP contribution in [0.1, 0.15) is 45.4 Å². The van der Waals surface area contributed by atoms with E-state index in [1.54, 1.807) is 4.90 Å². The van der Waals surface area contributed by atoms with Crippen LogP contribution in [0.4, 0.5) is 4.79 Å². The monoisotopic (exact) mass is 242 g/mol. The highest BCUT2D eigenvalue weighted by Gasteiger charge is 2.22. The third-order valence-electron chi connectivity index (χ3n) is 3.07. The van der Waals surface area contributed by atoms with Crippen molar-refractivity contribution >= 4 is 12.0 Å². The van der Waals surface area contributed by atoms with Gasteiger partial charge in [0.05, 0.1) is 0 Å². The fourth-order valence-corrected chi connectivity index (χ4v) is 2.06. The zero-order chi connectivity index (χ0) is 12.7. The highest BCUT2D eigenvalue weighted by molar-refractivity contribution is 5.82. The second-order valence-electron chi connectivity index (χ2n) is 4.53. The highest BCUT2D eigenvalue weighted by Crippen LogP contribution is 2.10. The molecule has 0 aromatic carbocycles. The highest BCUT2D eigenvalue weighted by atomic mass is 16.4. The summed E-state index contributed by atoms with van der Waals surface area (Å²) in [5.74, 6) is -0.949. The second kappa shape index (κ2) is 7.14. The van der Waals surface area contributed by atoms with E-state index in [0.717, 1.165) is 45.2 Å². The maximum atomic E-state index is 11.9. The number of nitrogens with zero attached hydrogens (tertiary/aromatic N) is 1. The van der Waals surface area contributed by atoms with E-state index >= 15 is 0 Å². The number of aliphatic carboxylic acids is 1. The first-order chi connectivity index (χ1) is 8.15. The van der Waals surface area contributed by atoms with Crippen molar-refractivity contribution in [3.63, 3.8) is 0 Å². The lowest BCUT2D eigenvalue weighted by Gasteiger charge is -2.23. The zero-order valence-electron chi connectivity index (χ0n) is 10.4. The number of amides is 2. The lowest BCUT2D eigenvalue weighted by atomic mass is 10.2. The predicted octanol–water partition coefficient (Wildman–Crippen LogP) is 1.83. The van der Waals surface area contributed by atoms with Crippen molar-refractivity contribution in [1.82, 2.24) is 10.2 Å². The first-order valence-electron chi connectivity index (χ1n) is 6.43. The molecule has 17 heavy (non-hydrogen) atoms. The number of likely N-dealkylation sites (tertiary alicyclic amines) is 1. The molecule has 1 aliphatic rings. The first kappa shape index (κ1) is 13.8. The van der Waals surface area contributed by atoms with Crippen LogP contribution in [-0.2, 0) is 4.79 Å². The summed E-state index contributed by atoms with van der Waals surface area (Å²) < 4.78 is 0. The summed E-state index contributed by atoms with van der Waals surface area (Å²) in [5, 5.41) is 11.6. The Balaban J connectivity index is 2.47. The molecule has 0 aromatic heterocycles. The van der Waals surface area contributed by atoms with Gasteiger partial charge in [-0.15, -0.1) is 0 Å². The minimum Gasteiger partial charge on any atom is -0.480 e. The van der Waals surface area contributed by atoms with E-state index in [0.29, 0.717) is 6.42 Å². The minimum absolute atomic E-state index is 0.229. The standard InChI is InChI=1S/C12H22N2O3/c1-2-7-10(11(15)16)13-12(17)14-8-5-3-4-6-9-14/h10H,2-9H2,1H3,(H,13,17)(H,15,16). The van der Waals surface area contributed by atoms with E-state index in [9.17, 15) is 9.59 Å². The molecule has 2 amide bonds. The van der Waals surface area contributed by atoms with E-state index in [2.05, 4.69) is 5.32 Å². The molecule has 0 aliphatic carbocycles. The number of rotatable bonds is 4. The van der Waals surface area contributed by atoms with Crippen molar-refractivity contribution in [3.8, 4) is 0 Å². The maximum Gasteiger partial charge on any atom is 0.326 e. The van der Waals surface area contributed by atoms with Crippen molar-refractivity contribution in [2.75, 3.05) is 13.1 Å². The molecule has 1 fully saturated rings. The number of carbonyl (C=O) groups is 2. The molecule has 1 heterocycles. The quantitative estimate of drug-likeness (QED) is 0.790. The van der Waals surface area contributed by atoms with Crippen LogP contribution < -0.4 is 5.32 Å². The third-order valence-corrected chi connectivity index (χ3v) is 3.07. The molecule has 1 atom stereocenters. The summed E-state index contributed by atoms with van der Waals surface area (Å²) in [6, 6.07) is -0.983. The molecule has 0 radical (unpaired) electrons. The molecule has 1 saturated heterocycles. The smallest absolute Gasteiger partial charge is 0.326 e. The predicted molar refractivity (Wildman–Crippen MR) is 64.9 cm³/mol. The van der Waals surface area contributed by atoms with E-state index in [-0.39, 0.29) is 6.03 Å². The lowest BCUT2D eigenvalue weighted by Crippen LogP contribution is -2.48. The number of carbonyl (C=O) groups excluding carboxylic acids is 1. The summed E-state index contributed by atoms with van der Waals surface area (Å²) in [6.07, 6.45) is 5.56. The van der Waals surface area contributed by atoms with Crippen LogP contribution in [0.25, 0.3) is 0 Å². The second-order valence-corrected chi connectivity index (χ2v) is 4.53. The zero-order valence-corrected chi connectivity index (χ0v) is 10.4. The van der Waals surface area contributed by atoms with Gasteiger partial charge in [0.15, 0.2) is 0 Å². The van der Waals surface area contributed by atoms with Crippen LogP contribution in [0.2, 0.25) is 0 Å². The Morgan fingerprint density at radius 3 is 2.29 bits per heavy atom. The van der Waals surface area contributed by atoms with E-state index < -0.39 is 12.0 Å². The Labute approximate surface area is 102 Å². The molecule has 0 bridgehead atoms. The maximum absolute atomic E-state index is 11.9. The average Bonchev–Trinajstić information content (AvgIpc) is 2.56. The van der Waals surface area contributed by atoms with Gasteiger partial charge in [-0.25, -0.2) is 9.59 Å². The molecule has 0 aromatic rings. The molecule has 1 unspecified atom stereocenters. The van der Waals surface area contributed by atoms with Gasteiger partial charge in [-0.3, -0.25) is 0 Å². The van der Waals surface area contributed by atoms with Gasteiger partial charge in [0.1, 0.15) is 6.04 Å². The van der Waals surface area contributed by atoms with Crippen LogP contribution in [0, 0.1) is 0 Å². The van der Waals surface area contributed by atoms with Gasteiger partial charge < -0.3 is 15.3 Å². The molecule has 98 valence electrons. The number of hydrogen-bond donors (Lipinski definition) is 2. The fourth-order valence-electron chi connectivity index (χ4n) is 2.06. The molecular formula is C12H22N2O3. The van der Waals surface area contributed by atoms with Crippen LogP contribution in [0.5, 0.6) is 0 Å². The van der Waals surface area contributed by atoms with Gasteiger partial charge in [-0.1, -0.05) is 26.2 Å².